The first kappa shape index (κ1) is 13.4. The monoisotopic (exact) mass is 307 g/mol. The van der Waals surface area contributed by atoms with Crippen LogP contribution in [0, 0.1) is 11.3 Å². The van der Waals surface area contributed by atoms with E-state index >= 15 is 0 Å². The average molecular weight is 308 g/mol. The van der Waals surface area contributed by atoms with Crippen LogP contribution in [0.4, 0.5) is 5.69 Å². The lowest BCUT2D eigenvalue weighted by Crippen LogP contribution is -2.63. The van der Waals surface area contributed by atoms with E-state index < -0.39 is 0 Å². The minimum atomic E-state index is 0.00361. The SMILES string of the molecule is CC1(C)CNCC(CC#N)N1c1ccccc1Br. The lowest BCUT2D eigenvalue weighted by molar-refractivity contribution is 0.324. The highest BCUT2D eigenvalue weighted by molar-refractivity contribution is 9.10. The van der Waals surface area contributed by atoms with Crippen molar-refractivity contribution in [3.63, 3.8) is 0 Å². The van der Waals surface area contributed by atoms with Crippen molar-refractivity contribution in [2.24, 2.45) is 0 Å². The molecule has 1 unspecified atom stereocenters. The molecule has 1 atom stereocenters. The van der Waals surface area contributed by atoms with Crippen LogP contribution in [0.25, 0.3) is 0 Å². The normalized spacial score (nSPS) is 22.6. The van der Waals surface area contributed by atoms with Crippen molar-refractivity contribution in [3.05, 3.63) is 28.7 Å². The van der Waals surface area contributed by atoms with Crippen LogP contribution in [0.15, 0.2) is 28.7 Å². The molecule has 0 amide bonds. The fourth-order valence-corrected chi connectivity index (χ4v) is 3.13. The summed E-state index contributed by atoms with van der Waals surface area (Å²) < 4.78 is 1.09. The Morgan fingerprint density at radius 1 is 1.50 bits per heavy atom. The maximum absolute atomic E-state index is 9.01. The maximum Gasteiger partial charge on any atom is 0.0643 e. The van der Waals surface area contributed by atoms with Crippen LogP contribution in [0.5, 0.6) is 0 Å². The smallest absolute Gasteiger partial charge is 0.0643 e. The van der Waals surface area contributed by atoms with Gasteiger partial charge in [0.25, 0.3) is 0 Å². The van der Waals surface area contributed by atoms with Gasteiger partial charge in [-0.3, -0.25) is 0 Å². The van der Waals surface area contributed by atoms with Gasteiger partial charge in [0.1, 0.15) is 0 Å². The molecule has 0 radical (unpaired) electrons. The van der Waals surface area contributed by atoms with E-state index in [2.05, 4.69) is 58.2 Å². The summed E-state index contributed by atoms with van der Waals surface area (Å²) in [6.07, 6.45) is 0.539. The molecule has 18 heavy (non-hydrogen) atoms. The highest BCUT2D eigenvalue weighted by Crippen LogP contribution is 2.34. The molecule has 0 aliphatic carbocycles. The molecule has 1 fully saturated rings. The van der Waals surface area contributed by atoms with E-state index in [1.807, 2.05) is 12.1 Å². The van der Waals surface area contributed by atoms with E-state index in [1.165, 1.54) is 5.69 Å². The number of anilines is 1. The second-order valence-corrected chi connectivity index (χ2v) is 6.14. The van der Waals surface area contributed by atoms with Crippen LogP contribution in [-0.2, 0) is 0 Å². The van der Waals surface area contributed by atoms with Gasteiger partial charge in [0.2, 0.25) is 0 Å². The first-order valence-electron chi connectivity index (χ1n) is 6.18. The van der Waals surface area contributed by atoms with Crippen LogP contribution in [0.3, 0.4) is 0 Å². The number of hydrogen-bond acceptors (Lipinski definition) is 3. The molecule has 0 saturated carbocycles. The van der Waals surface area contributed by atoms with Crippen LogP contribution in [0.2, 0.25) is 0 Å². The van der Waals surface area contributed by atoms with Crippen molar-refractivity contribution in [1.29, 1.82) is 5.26 Å². The number of halogens is 1. The number of benzene rings is 1. The Kier molecular flexibility index (Phi) is 3.94. The van der Waals surface area contributed by atoms with Gasteiger partial charge in [-0.05, 0) is 41.9 Å². The minimum Gasteiger partial charge on any atom is -0.359 e. The van der Waals surface area contributed by atoms with Gasteiger partial charge in [-0.1, -0.05) is 12.1 Å². The second kappa shape index (κ2) is 5.29. The highest BCUT2D eigenvalue weighted by Gasteiger charge is 2.36. The fourth-order valence-electron chi connectivity index (χ4n) is 2.65. The van der Waals surface area contributed by atoms with E-state index in [0.717, 1.165) is 17.6 Å². The number of nitrogens with one attached hydrogen (secondary N) is 1. The average Bonchev–Trinajstić information content (AvgIpc) is 2.30. The van der Waals surface area contributed by atoms with Gasteiger partial charge >= 0.3 is 0 Å². The van der Waals surface area contributed by atoms with E-state index in [1.54, 1.807) is 0 Å². The van der Waals surface area contributed by atoms with Gasteiger partial charge in [-0.25, -0.2) is 0 Å². The molecule has 1 heterocycles. The van der Waals surface area contributed by atoms with Gasteiger partial charge in [0, 0.05) is 23.1 Å². The van der Waals surface area contributed by atoms with Crippen molar-refractivity contribution in [3.8, 4) is 6.07 Å². The zero-order valence-electron chi connectivity index (χ0n) is 10.8. The minimum absolute atomic E-state index is 0.00361. The zero-order chi connectivity index (χ0) is 13.2. The first-order chi connectivity index (χ1) is 8.56. The Morgan fingerprint density at radius 3 is 2.89 bits per heavy atom. The molecule has 1 aromatic carbocycles. The largest absolute Gasteiger partial charge is 0.359 e. The third kappa shape index (κ3) is 2.52. The number of hydrogen-bond donors (Lipinski definition) is 1. The molecule has 1 saturated heterocycles. The zero-order valence-corrected chi connectivity index (χ0v) is 12.4. The van der Waals surface area contributed by atoms with Crippen molar-refractivity contribution < 1.29 is 0 Å². The number of piperazine rings is 1. The van der Waals surface area contributed by atoms with E-state index in [0.29, 0.717) is 6.42 Å². The standard InChI is InChI=1S/C14H18BrN3/c1-14(2)10-17-9-11(7-8-16)18(14)13-6-4-3-5-12(13)15/h3-6,11,17H,7,9-10H2,1-2H3. The molecule has 0 aromatic heterocycles. The van der Waals surface area contributed by atoms with Gasteiger partial charge in [0.15, 0.2) is 0 Å². The topological polar surface area (TPSA) is 39.1 Å². The summed E-state index contributed by atoms with van der Waals surface area (Å²) in [4.78, 5) is 2.37. The molecule has 3 nitrogen and oxygen atoms in total. The third-order valence-electron chi connectivity index (χ3n) is 3.39. The molecule has 1 aliphatic heterocycles. The Bertz CT molecular complexity index is 464. The lowest BCUT2D eigenvalue weighted by Gasteiger charge is -2.49. The van der Waals surface area contributed by atoms with Crippen molar-refractivity contribution >= 4 is 21.6 Å². The second-order valence-electron chi connectivity index (χ2n) is 5.28. The molecule has 1 N–H and O–H groups in total. The van der Waals surface area contributed by atoms with Crippen molar-refractivity contribution in [2.75, 3.05) is 18.0 Å². The molecule has 4 heteroatoms. The fraction of sp³-hybridized carbons (Fsp3) is 0.500. The predicted molar refractivity (Wildman–Crippen MR) is 77.6 cm³/mol. The number of nitrogens with zero attached hydrogens (tertiary/aromatic N) is 2. The lowest BCUT2D eigenvalue weighted by atomic mass is 9.94. The molecule has 96 valence electrons. The van der Waals surface area contributed by atoms with Gasteiger partial charge in [-0.2, -0.15) is 5.26 Å². The van der Waals surface area contributed by atoms with Gasteiger partial charge < -0.3 is 10.2 Å². The van der Waals surface area contributed by atoms with Crippen LogP contribution in [0.1, 0.15) is 20.3 Å². The first-order valence-corrected chi connectivity index (χ1v) is 6.97. The summed E-state index contributed by atoms with van der Waals surface area (Å²) in [6, 6.07) is 10.7. The molecule has 0 spiro atoms. The number of para-hydroxylation sites is 1. The highest BCUT2D eigenvalue weighted by atomic mass is 79.9. The van der Waals surface area contributed by atoms with E-state index in [-0.39, 0.29) is 11.6 Å². The Hall–Kier alpha value is -1.05. The Morgan fingerprint density at radius 2 is 2.22 bits per heavy atom. The van der Waals surface area contributed by atoms with Gasteiger partial charge in [-0.15, -0.1) is 0 Å². The molecule has 1 aromatic rings. The van der Waals surface area contributed by atoms with Crippen molar-refractivity contribution in [2.45, 2.75) is 31.8 Å². The molecular weight excluding hydrogens is 290 g/mol. The van der Waals surface area contributed by atoms with Crippen LogP contribution < -0.4 is 10.2 Å². The summed E-state index contributed by atoms with van der Waals surface area (Å²) in [5.41, 5.74) is 1.17. The van der Waals surface area contributed by atoms with Crippen LogP contribution >= 0.6 is 15.9 Å². The van der Waals surface area contributed by atoms with E-state index in [9.17, 15) is 0 Å². The Labute approximate surface area is 117 Å². The number of rotatable bonds is 2. The summed E-state index contributed by atoms with van der Waals surface area (Å²) in [6.45, 7) is 6.21. The molecular formula is C14H18BrN3. The predicted octanol–water partition coefficient (Wildman–Crippen LogP) is 2.92. The molecule has 0 bridgehead atoms. The van der Waals surface area contributed by atoms with Crippen LogP contribution in [-0.4, -0.2) is 24.7 Å². The Balaban J connectivity index is 2.41. The number of nitriles is 1. The third-order valence-corrected chi connectivity index (χ3v) is 4.06. The van der Waals surface area contributed by atoms with Crippen molar-refractivity contribution in [1.82, 2.24) is 5.32 Å². The summed E-state index contributed by atoms with van der Waals surface area (Å²) >= 11 is 3.62. The maximum atomic E-state index is 9.01. The molecule has 1 aliphatic rings. The summed E-state index contributed by atoms with van der Waals surface area (Å²) in [5.74, 6) is 0. The quantitative estimate of drug-likeness (QED) is 0.913. The van der Waals surface area contributed by atoms with Gasteiger partial charge in [0.05, 0.1) is 24.2 Å². The summed E-state index contributed by atoms with van der Waals surface area (Å²) in [7, 11) is 0. The van der Waals surface area contributed by atoms with E-state index in [4.69, 9.17) is 5.26 Å². The summed E-state index contributed by atoms with van der Waals surface area (Å²) in [5, 5.41) is 12.4. The molecule has 2 rings (SSSR count).